The molecule has 32 heavy (non-hydrogen) atoms. The van der Waals surface area contributed by atoms with Gasteiger partial charge >= 0.3 is 7.60 Å². The average molecular weight is 475 g/mol. The van der Waals surface area contributed by atoms with Crippen molar-refractivity contribution in [3.05, 3.63) is 18.1 Å². The van der Waals surface area contributed by atoms with Gasteiger partial charge in [0.25, 0.3) is 5.92 Å². The summed E-state index contributed by atoms with van der Waals surface area (Å²) in [4.78, 5) is 23.3. The first-order valence-electron chi connectivity index (χ1n) is 9.53. The second-order valence-corrected chi connectivity index (χ2v) is 9.43. The van der Waals surface area contributed by atoms with Crippen LogP contribution in [0.4, 0.5) is 14.6 Å². The van der Waals surface area contributed by atoms with Crippen LogP contribution in [-0.2, 0) is 18.9 Å². The van der Waals surface area contributed by atoms with Gasteiger partial charge in [-0.2, -0.15) is 5.26 Å². The Bertz CT molecular complexity index is 1100. The molecule has 3 N–H and O–H groups in total. The molecule has 2 aliphatic heterocycles. The quantitative estimate of drug-likeness (QED) is 0.303. The highest BCUT2D eigenvalue weighted by Gasteiger charge is 2.45. The number of halogens is 2. The van der Waals surface area contributed by atoms with Gasteiger partial charge in [-0.25, -0.2) is 23.6 Å². The van der Waals surface area contributed by atoms with Crippen LogP contribution in [0.15, 0.2) is 12.3 Å². The first kappa shape index (κ1) is 22.9. The second-order valence-electron chi connectivity index (χ2n) is 7.68. The third-order valence-corrected chi connectivity index (χ3v) is 5.54. The molecule has 2 saturated heterocycles. The Kier molecular flexibility index (Phi) is 5.93. The molecule has 2 aromatic heterocycles. The number of fused-ring (bicyclic) bond motifs is 1. The van der Waals surface area contributed by atoms with Crippen LogP contribution in [0.2, 0.25) is 0 Å². The lowest BCUT2D eigenvalue weighted by Gasteiger charge is -2.20. The SMILES string of the molecule is CP(=O)(O)OOC[C@H]1O[C@@H](n2ccc3c(N4CCC(F)(F)C4)nc(C#N)nc32)[C@H](O)[C@@H]1O. The Balaban J connectivity index is 1.63. The highest BCUT2D eigenvalue weighted by molar-refractivity contribution is 7.51. The van der Waals surface area contributed by atoms with E-state index in [1.807, 2.05) is 0 Å². The van der Waals surface area contributed by atoms with Crippen LogP contribution >= 0.6 is 7.60 Å². The minimum absolute atomic E-state index is 0.0436. The summed E-state index contributed by atoms with van der Waals surface area (Å²) in [6.07, 6.45) is -4.07. The van der Waals surface area contributed by atoms with E-state index in [2.05, 4.69) is 19.5 Å². The van der Waals surface area contributed by atoms with Crippen molar-refractivity contribution < 1.29 is 42.8 Å². The summed E-state index contributed by atoms with van der Waals surface area (Å²) in [5.74, 6) is -2.98. The van der Waals surface area contributed by atoms with E-state index < -0.39 is 51.2 Å². The van der Waals surface area contributed by atoms with Crippen molar-refractivity contribution in [2.24, 2.45) is 0 Å². The van der Waals surface area contributed by atoms with E-state index in [-0.39, 0.29) is 30.3 Å². The summed E-state index contributed by atoms with van der Waals surface area (Å²) in [5.41, 5.74) is 0.143. The van der Waals surface area contributed by atoms with Crippen LogP contribution in [0.25, 0.3) is 11.0 Å². The predicted octanol–water partition coefficient (Wildman–Crippen LogP) is 0.531. The summed E-state index contributed by atoms with van der Waals surface area (Å²) in [5, 5.41) is 30.4. The molecule has 4 heterocycles. The van der Waals surface area contributed by atoms with E-state index in [1.54, 1.807) is 6.07 Å². The fourth-order valence-corrected chi connectivity index (χ4v) is 3.98. The molecule has 0 radical (unpaired) electrons. The standard InChI is InChI=1S/C17H20F2N5O7P/c1-32(27,28)31-29-7-10-12(25)13(26)16(30-10)24-4-2-9-14(21-11(6-20)22-15(9)24)23-5-3-17(18,19)8-23/h2,4,10,12-13,16,25-26H,3,5,7-8H2,1H3,(H,27,28)/t10-,12-,13-,16-/m1/s1. The maximum Gasteiger partial charge on any atom is 0.352 e. The van der Waals surface area contributed by atoms with Gasteiger partial charge < -0.3 is 29.3 Å². The van der Waals surface area contributed by atoms with Crippen LogP contribution in [0.1, 0.15) is 18.5 Å². The normalized spacial score (nSPS) is 29.3. The molecule has 174 valence electrons. The van der Waals surface area contributed by atoms with Gasteiger partial charge in [0.05, 0.1) is 11.9 Å². The largest absolute Gasteiger partial charge is 0.387 e. The molecule has 2 fully saturated rings. The molecule has 0 saturated carbocycles. The number of alkyl halides is 2. The Morgan fingerprint density at radius 1 is 1.41 bits per heavy atom. The molecule has 12 nitrogen and oxygen atoms in total. The first-order valence-corrected chi connectivity index (χ1v) is 11.6. The van der Waals surface area contributed by atoms with E-state index >= 15 is 0 Å². The van der Waals surface area contributed by atoms with Crippen molar-refractivity contribution >= 4 is 24.4 Å². The number of rotatable bonds is 6. The van der Waals surface area contributed by atoms with Crippen molar-refractivity contribution in [1.82, 2.24) is 14.5 Å². The Morgan fingerprint density at radius 3 is 2.78 bits per heavy atom. The third kappa shape index (κ3) is 4.46. The lowest BCUT2D eigenvalue weighted by atomic mass is 10.1. The molecule has 15 heteroatoms. The van der Waals surface area contributed by atoms with Crippen LogP contribution in [0.3, 0.4) is 0 Å². The van der Waals surface area contributed by atoms with Crippen molar-refractivity contribution in [3.8, 4) is 6.07 Å². The molecule has 0 aromatic carbocycles. The highest BCUT2D eigenvalue weighted by atomic mass is 31.2. The zero-order chi connectivity index (χ0) is 23.3. The van der Waals surface area contributed by atoms with E-state index in [0.29, 0.717) is 5.39 Å². The van der Waals surface area contributed by atoms with Crippen LogP contribution in [0, 0.1) is 11.3 Å². The summed E-state index contributed by atoms with van der Waals surface area (Å²) in [7, 11) is -3.92. The van der Waals surface area contributed by atoms with Gasteiger partial charge in [0, 0.05) is 25.8 Å². The maximum atomic E-state index is 13.7. The monoisotopic (exact) mass is 475 g/mol. The highest BCUT2D eigenvalue weighted by Crippen LogP contribution is 2.39. The van der Waals surface area contributed by atoms with Crippen LogP contribution in [0.5, 0.6) is 0 Å². The van der Waals surface area contributed by atoms with Crippen molar-refractivity contribution in [3.63, 3.8) is 0 Å². The van der Waals surface area contributed by atoms with E-state index in [0.717, 1.165) is 6.66 Å². The smallest absolute Gasteiger partial charge is 0.352 e. The molecule has 2 aliphatic rings. The van der Waals surface area contributed by atoms with Gasteiger partial charge in [-0.15, -0.1) is 4.67 Å². The molecule has 0 bridgehead atoms. The van der Waals surface area contributed by atoms with Crippen LogP contribution < -0.4 is 4.90 Å². The molecule has 0 aliphatic carbocycles. The number of anilines is 1. The zero-order valence-corrected chi connectivity index (χ0v) is 17.6. The second kappa shape index (κ2) is 8.27. The Labute approximate surface area is 180 Å². The van der Waals surface area contributed by atoms with E-state index in [1.165, 1.54) is 21.7 Å². The van der Waals surface area contributed by atoms with Crippen LogP contribution in [-0.4, -0.2) is 80.2 Å². The minimum Gasteiger partial charge on any atom is -0.387 e. The number of aliphatic hydroxyl groups is 2. The van der Waals surface area contributed by atoms with E-state index in [9.17, 15) is 28.8 Å². The summed E-state index contributed by atoms with van der Waals surface area (Å²) < 4.78 is 49.9. The molecule has 4 rings (SSSR count). The fourth-order valence-electron chi connectivity index (χ4n) is 3.72. The van der Waals surface area contributed by atoms with Gasteiger partial charge in [0.15, 0.2) is 6.23 Å². The summed E-state index contributed by atoms with van der Waals surface area (Å²) in [6, 6.07) is 3.33. The molecule has 2 aromatic rings. The van der Waals surface area contributed by atoms with E-state index in [4.69, 9.17) is 9.63 Å². The number of aliphatic hydroxyl groups excluding tert-OH is 2. The van der Waals surface area contributed by atoms with Gasteiger partial charge in [0.1, 0.15) is 42.5 Å². The molecule has 1 unspecified atom stereocenters. The van der Waals surface area contributed by atoms with Crippen molar-refractivity contribution in [2.45, 2.75) is 36.9 Å². The van der Waals surface area contributed by atoms with Gasteiger partial charge in [0.2, 0.25) is 5.82 Å². The van der Waals surface area contributed by atoms with Gasteiger partial charge in [-0.1, -0.05) is 0 Å². The maximum absolute atomic E-state index is 13.7. The predicted molar refractivity (Wildman–Crippen MR) is 103 cm³/mol. The Morgan fingerprint density at radius 2 is 2.16 bits per heavy atom. The van der Waals surface area contributed by atoms with Gasteiger partial charge in [-0.3, -0.25) is 4.57 Å². The lowest BCUT2D eigenvalue weighted by molar-refractivity contribution is -0.238. The molecule has 5 atom stereocenters. The summed E-state index contributed by atoms with van der Waals surface area (Å²) >= 11 is 0. The number of nitriles is 1. The Hall–Kier alpha value is -2.24. The number of hydrogen-bond acceptors (Lipinski definition) is 10. The number of aromatic nitrogens is 3. The fraction of sp³-hybridized carbons (Fsp3) is 0.588. The topological polar surface area (TPSA) is 163 Å². The number of nitrogens with zero attached hydrogens (tertiary/aromatic N) is 5. The summed E-state index contributed by atoms with van der Waals surface area (Å²) in [6.45, 7) is -0.0638. The lowest BCUT2D eigenvalue weighted by Crippen LogP contribution is -2.33. The molecule has 0 amide bonds. The minimum atomic E-state index is -3.92. The zero-order valence-electron chi connectivity index (χ0n) is 16.7. The molecular weight excluding hydrogens is 455 g/mol. The van der Waals surface area contributed by atoms with Crippen molar-refractivity contribution in [1.29, 1.82) is 5.26 Å². The van der Waals surface area contributed by atoms with Gasteiger partial charge in [-0.05, 0) is 6.07 Å². The van der Waals surface area contributed by atoms with Crippen molar-refractivity contribution in [2.75, 3.05) is 31.3 Å². The average Bonchev–Trinajstić information content (AvgIpc) is 3.37. The first-order chi connectivity index (χ1) is 15.0. The number of ether oxygens (including phenoxy) is 1. The number of hydrogen-bond donors (Lipinski definition) is 3. The molecule has 0 spiro atoms. The third-order valence-electron chi connectivity index (χ3n) is 5.16. The molecular formula is C17H20F2N5O7P.